The predicted octanol–water partition coefficient (Wildman–Crippen LogP) is 5.38. The fourth-order valence-corrected chi connectivity index (χ4v) is 3.17. The average Bonchev–Trinajstić information content (AvgIpc) is 2.47. The van der Waals surface area contributed by atoms with Crippen LogP contribution in [0.3, 0.4) is 0 Å². The SMILES string of the molecule is CC(C)CNCc1ccccc1SCc1ccc(Cl)cc1. The van der Waals surface area contributed by atoms with Crippen molar-refractivity contribution in [3.63, 3.8) is 0 Å². The summed E-state index contributed by atoms with van der Waals surface area (Å²) in [4.78, 5) is 1.35. The molecular formula is C18H22ClNS. The van der Waals surface area contributed by atoms with Gasteiger partial charge in [-0.05, 0) is 41.8 Å². The third-order valence-corrected chi connectivity index (χ3v) is 4.59. The van der Waals surface area contributed by atoms with Gasteiger partial charge in [-0.3, -0.25) is 0 Å². The Kier molecular flexibility index (Phi) is 6.62. The second-order valence-corrected chi connectivity index (χ2v) is 7.00. The molecule has 0 unspecified atom stereocenters. The lowest BCUT2D eigenvalue weighted by molar-refractivity contribution is 0.550. The minimum atomic E-state index is 0.680. The summed E-state index contributed by atoms with van der Waals surface area (Å²) in [6, 6.07) is 16.7. The summed E-state index contributed by atoms with van der Waals surface area (Å²) in [7, 11) is 0. The molecule has 0 saturated carbocycles. The molecule has 0 atom stereocenters. The Morgan fingerprint density at radius 1 is 1.05 bits per heavy atom. The lowest BCUT2D eigenvalue weighted by Crippen LogP contribution is -2.19. The van der Waals surface area contributed by atoms with Crippen molar-refractivity contribution >= 4 is 23.4 Å². The van der Waals surface area contributed by atoms with Gasteiger partial charge in [0.2, 0.25) is 0 Å². The van der Waals surface area contributed by atoms with Crippen molar-refractivity contribution < 1.29 is 0 Å². The van der Waals surface area contributed by atoms with Crippen LogP contribution in [0, 0.1) is 5.92 Å². The Bertz CT molecular complexity index is 551. The van der Waals surface area contributed by atoms with Gasteiger partial charge in [0.25, 0.3) is 0 Å². The van der Waals surface area contributed by atoms with Crippen molar-refractivity contribution in [2.75, 3.05) is 6.54 Å². The summed E-state index contributed by atoms with van der Waals surface area (Å²) >= 11 is 7.80. The van der Waals surface area contributed by atoms with Gasteiger partial charge in [-0.1, -0.05) is 55.8 Å². The minimum absolute atomic E-state index is 0.680. The maximum Gasteiger partial charge on any atom is 0.0406 e. The number of nitrogens with one attached hydrogen (secondary N) is 1. The Morgan fingerprint density at radius 2 is 1.76 bits per heavy atom. The number of thioether (sulfide) groups is 1. The van der Waals surface area contributed by atoms with Gasteiger partial charge in [-0.25, -0.2) is 0 Å². The van der Waals surface area contributed by atoms with Gasteiger partial charge in [-0.15, -0.1) is 11.8 Å². The molecule has 0 bridgehead atoms. The molecule has 0 heterocycles. The lowest BCUT2D eigenvalue weighted by atomic mass is 10.2. The fraction of sp³-hybridized carbons (Fsp3) is 0.333. The van der Waals surface area contributed by atoms with E-state index in [1.165, 1.54) is 16.0 Å². The monoisotopic (exact) mass is 319 g/mol. The van der Waals surface area contributed by atoms with Crippen LogP contribution in [0.1, 0.15) is 25.0 Å². The summed E-state index contributed by atoms with van der Waals surface area (Å²) in [5.41, 5.74) is 2.67. The molecular weight excluding hydrogens is 298 g/mol. The van der Waals surface area contributed by atoms with E-state index in [1.54, 1.807) is 0 Å². The third-order valence-electron chi connectivity index (χ3n) is 3.15. The molecule has 0 aromatic heterocycles. The third kappa shape index (κ3) is 5.74. The van der Waals surface area contributed by atoms with Crippen LogP contribution in [0.5, 0.6) is 0 Å². The van der Waals surface area contributed by atoms with Gasteiger partial charge in [-0.2, -0.15) is 0 Å². The maximum absolute atomic E-state index is 5.92. The van der Waals surface area contributed by atoms with Crippen molar-refractivity contribution in [1.82, 2.24) is 5.32 Å². The Labute approximate surface area is 137 Å². The normalized spacial score (nSPS) is 11.0. The van der Waals surface area contributed by atoms with E-state index >= 15 is 0 Å². The first-order chi connectivity index (χ1) is 10.1. The first-order valence-electron chi connectivity index (χ1n) is 7.31. The van der Waals surface area contributed by atoms with Crippen LogP contribution in [0.15, 0.2) is 53.4 Å². The first kappa shape index (κ1) is 16.4. The molecule has 0 saturated heterocycles. The quantitative estimate of drug-likeness (QED) is 0.688. The molecule has 1 N–H and O–H groups in total. The van der Waals surface area contributed by atoms with Gasteiger partial charge in [0.15, 0.2) is 0 Å². The van der Waals surface area contributed by atoms with Gasteiger partial charge in [0, 0.05) is 22.2 Å². The second kappa shape index (κ2) is 8.47. The van der Waals surface area contributed by atoms with Crippen molar-refractivity contribution in [2.45, 2.75) is 31.0 Å². The first-order valence-corrected chi connectivity index (χ1v) is 8.67. The summed E-state index contributed by atoms with van der Waals surface area (Å²) in [6.45, 7) is 6.44. The summed E-state index contributed by atoms with van der Waals surface area (Å²) < 4.78 is 0. The van der Waals surface area contributed by atoms with Gasteiger partial charge < -0.3 is 5.32 Å². The Hall–Kier alpha value is -0.960. The second-order valence-electron chi connectivity index (χ2n) is 5.55. The predicted molar refractivity (Wildman–Crippen MR) is 94.0 cm³/mol. The Balaban J connectivity index is 1.94. The van der Waals surface area contributed by atoms with Crippen LogP contribution in [-0.4, -0.2) is 6.54 Å². The van der Waals surface area contributed by atoms with Crippen LogP contribution in [-0.2, 0) is 12.3 Å². The fourth-order valence-electron chi connectivity index (χ4n) is 2.03. The molecule has 0 aliphatic carbocycles. The molecule has 21 heavy (non-hydrogen) atoms. The number of halogens is 1. The van der Waals surface area contributed by atoms with Crippen molar-refractivity contribution in [2.24, 2.45) is 5.92 Å². The van der Waals surface area contributed by atoms with E-state index in [1.807, 2.05) is 23.9 Å². The molecule has 112 valence electrons. The van der Waals surface area contributed by atoms with E-state index in [4.69, 9.17) is 11.6 Å². The zero-order valence-corrected chi connectivity index (χ0v) is 14.2. The van der Waals surface area contributed by atoms with Crippen molar-refractivity contribution in [3.05, 3.63) is 64.7 Å². The Morgan fingerprint density at radius 3 is 2.48 bits per heavy atom. The topological polar surface area (TPSA) is 12.0 Å². The van der Waals surface area contributed by atoms with E-state index in [2.05, 4.69) is 55.6 Å². The molecule has 0 spiro atoms. The zero-order valence-electron chi connectivity index (χ0n) is 12.6. The molecule has 0 amide bonds. The van der Waals surface area contributed by atoms with E-state index < -0.39 is 0 Å². The molecule has 0 radical (unpaired) electrons. The summed E-state index contributed by atoms with van der Waals surface area (Å²) in [5, 5.41) is 4.31. The van der Waals surface area contributed by atoms with Crippen molar-refractivity contribution in [3.8, 4) is 0 Å². The van der Waals surface area contributed by atoms with Crippen LogP contribution < -0.4 is 5.32 Å². The van der Waals surface area contributed by atoms with E-state index in [0.717, 1.165) is 23.9 Å². The number of benzene rings is 2. The molecule has 2 rings (SSSR count). The van der Waals surface area contributed by atoms with E-state index in [9.17, 15) is 0 Å². The molecule has 0 fully saturated rings. The van der Waals surface area contributed by atoms with E-state index in [0.29, 0.717) is 5.92 Å². The number of hydrogen-bond donors (Lipinski definition) is 1. The van der Waals surface area contributed by atoms with Crippen LogP contribution in [0.2, 0.25) is 5.02 Å². The maximum atomic E-state index is 5.92. The lowest BCUT2D eigenvalue weighted by Gasteiger charge is -2.11. The highest BCUT2D eigenvalue weighted by Crippen LogP contribution is 2.26. The zero-order chi connectivity index (χ0) is 15.1. The highest BCUT2D eigenvalue weighted by Gasteiger charge is 2.03. The molecule has 0 aliphatic heterocycles. The highest BCUT2D eigenvalue weighted by molar-refractivity contribution is 7.98. The van der Waals surface area contributed by atoms with Crippen LogP contribution in [0.25, 0.3) is 0 Å². The average molecular weight is 320 g/mol. The molecule has 3 heteroatoms. The standard InChI is InChI=1S/C18H22ClNS/c1-14(2)11-20-12-16-5-3-4-6-18(16)21-13-15-7-9-17(19)10-8-15/h3-10,14,20H,11-13H2,1-2H3. The number of hydrogen-bond acceptors (Lipinski definition) is 2. The van der Waals surface area contributed by atoms with Gasteiger partial charge in [0.05, 0.1) is 0 Å². The van der Waals surface area contributed by atoms with E-state index in [-0.39, 0.29) is 0 Å². The summed E-state index contributed by atoms with van der Waals surface area (Å²) in [6.07, 6.45) is 0. The molecule has 2 aromatic carbocycles. The van der Waals surface area contributed by atoms with Gasteiger partial charge in [0.1, 0.15) is 0 Å². The molecule has 2 aromatic rings. The van der Waals surface area contributed by atoms with Gasteiger partial charge >= 0.3 is 0 Å². The molecule has 1 nitrogen and oxygen atoms in total. The minimum Gasteiger partial charge on any atom is -0.312 e. The smallest absolute Gasteiger partial charge is 0.0406 e. The van der Waals surface area contributed by atoms with Crippen LogP contribution in [0.4, 0.5) is 0 Å². The summed E-state index contributed by atoms with van der Waals surface area (Å²) in [5.74, 6) is 1.65. The van der Waals surface area contributed by atoms with Crippen LogP contribution >= 0.6 is 23.4 Å². The number of rotatable bonds is 7. The largest absolute Gasteiger partial charge is 0.312 e. The van der Waals surface area contributed by atoms with Crippen molar-refractivity contribution in [1.29, 1.82) is 0 Å². The molecule has 0 aliphatic rings. The highest BCUT2D eigenvalue weighted by atomic mass is 35.5.